The van der Waals surface area contributed by atoms with Crippen molar-refractivity contribution in [3.05, 3.63) is 65.5 Å². The first-order chi connectivity index (χ1) is 15.8. The van der Waals surface area contributed by atoms with Crippen molar-refractivity contribution in [3.8, 4) is 0 Å². The van der Waals surface area contributed by atoms with E-state index in [1.54, 1.807) is 24.3 Å². The number of carbonyl (C=O) groups is 1. The fourth-order valence-electron chi connectivity index (χ4n) is 2.69. The Morgan fingerprint density at radius 1 is 1.21 bits per heavy atom. The quantitative estimate of drug-likeness (QED) is 0.126. The number of methoxy groups -OCH3 is 1. The molecule has 0 saturated carbocycles. The van der Waals surface area contributed by atoms with Crippen molar-refractivity contribution in [3.63, 3.8) is 0 Å². The van der Waals surface area contributed by atoms with Crippen molar-refractivity contribution in [1.29, 1.82) is 5.53 Å². The van der Waals surface area contributed by atoms with Gasteiger partial charge in [-0.2, -0.15) is 5.11 Å². The number of amides is 1. The number of nitrogens with two attached hydrogens (primary N) is 2. The fraction of sp³-hybridized carbons (Fsp3) is 0.238. The molecule has 12 heteroatoms. The molecule has 1 amide bonds. The standard InChI is InChI=1S/C21H25F2N7O2S/c1-32-21(33)29-12-16(30-25)11-28-15-9-17(22)20(18(23)10-15)27-7-6-26-19(31)8-13-2-4-14(24)5-3-13/h2-5,9-11,25,27-28H,6-8,12,24H2,1H3,(H,26,31)(H,29,33)/p+1/b16-11-,30-25?. The van der Waals surface area contributed by atoms with E-state index in [1.807, 2.05) is 0 Å². The molecule has 33 heavy (non-hydrogen) atoms. The molecule has 0 spiro atoms. The first-order valence-corrected chi connectivity index (χ1v) is 10.3. The van der Waals surface area contributed by atoms with E-state index in [2.05, 4.69) is 21.1 Å². The highest BCUT2D eigenvalue weighted by Gasteiger charge is 2.13. The predicted molar refractivity (Wildman–Crippen MR) is 125 cm³/mol. The van der Waals surface area contributed by atoms with E-state index < -0.39 is 11.6 Å². The summed E-state index contributed by atoms with van der Waals surface area (Å²) in [5.74, 6) is -1.78. The van der Waals surface area contributed by atoms with Gasteiger partial charge in [0, 0.05) is 30.9 Å². The molecule has 0 radical (unpaired) electrons. The molecule has 2 aromatic rings. The molecule has 2 aromatic carbocycles. The third kappa shape index (κ3) is 8.79. The molecular formula is C21H26F2N7O2S+. The van der Waals surface area contributed by atoms with Gasteiger partial charge in [0.15, 0.2) is 11.6 Å². The summed E-state index contributed by atoms with van der Waals surface area (Å²) in [4.78, 5) is 12.0. The summed E-state index contributed by atoms with van der Waals surface area (Å²) in [5.41, 5.74) is 14.4. The van der Waals surface area contributed by atoms with Gasteiger partial charge in [0.1, 0.15) is 23.3 Å². The van der Waals surface area contributed by atoms with E-state index in [4.69, 9.17) is 28.2 Å². The molecule has 8 N–H and O–H groups in total. The van der Waals surface area contributed by atoms with Gasteiger partial charge in [-0.3, -0.25) is 10.1 Å². The lowest BCUT2D eigenvalue weighted by Crippen LogP contribution is -2.71. The maximum Gasteiger partial charge on any atom is 0.256 e. The smallest absolute Gasteiger partial charge is 0.256 e. The average Bonchev–Trinajstić information content (AvgIpc) is 2.79. The van der Waals surface area contributed by atoms with Crippen molar-refractivity contribution in [2.75, 3.05) is 37.8 Å². The summed E-state index contributed by atoms with van der Waals surface area (Å²) in [6.07, 6.45) is 1.62. The minimum absolute atomic E-state index is 0.126. The Morgan fingerprint density at radius 2 is 1.88 bits per heavy atom. The summed E-state index contributed by atoms with van der Waals surface area (Å²) in [5, 5.41) is 13.0. The Labute approximate surface area is 195 Å². The SMILES string of the molecule is COC(=S)NC/C(=C/[NH2+]c1cc(F)c(NCCNC(=O)Cc2ccc(N)cc2)c(F)c1)N=N. The summed E-state index contributed by atoms with van der Waals surface area (Å²) in [6, 6.07) is 9.24. The highest BCUT2D eigenvalue weighted by atomic mass is 32.1. The average molecular weight is 479 g/mol. The maximum absolute atomic E-state index is 14.4. The van der Waals surface area contributed by atoms with Crippen LogP contribution in [0.2, 0.25) is 0 Å². The highest BCUT2D eigenvalue weighted by molar-refractivity contribution is 7.80. The lowest BCUT2D eigenvalue weighted by molar-refractivity contribution is -0.497. The third-order valence-corrected chi connectivity index (χ3v) is 4.68. The molecule has 0 aliphatic heterocycles. The molecular weight excluding hydrogens is 452 g/mol. The van der Waals surface area contributed by atoms with Crippen LogP contribution in [0.15, 0.2) is 53.4 Å². The van der Waals surface area contributed by atoms with E-state index in [0.717, 1.165) is 17.7 Å². The van der Waals surface area contributed by atoms with Crippen molar-refractivity contribution >= 4 is 40.4 Å². The zero-order valence-electron chi connectivity index (χ0n) is 18.0. The number of nitrogen functional groups attached to an aromatic ring is 1. The molecule has 0 atom stereocenters. The minimum atomic E-state index is -0.786. The number of hydrogen-bond acceptors (Lipinski definition) is 7. The number of hydrogen-bond donors (Lipinski definition) is 6. The molecule has 0 aromatic heterocycles. The Hall–Kier alpha value is -3.64. The van der Waals surface area contributed by atoms with Crippen LogP contribution in [0.3, 0.4) is 0 Å². The first kappa shape index (κ1) is 25.6. The highest BCUT2D eigenvalue weighted by Crippen LogP contribution is 2.21. The van der Waals surface area contributed by atoms with E-state index >= 15 is 0 Å². The number of anilines is 2. The zero-order valence-corrected chi connectivity index (χ0v) is 18.8. The van der Waals surface area contributed by atoms with Gasteiger partial charge in [0.2, 0.25) is 5.91 Å². The van der Waals surface area contributed by atoms with Crippen LogP contribution in [-0.2, 0) is 16.0 Å². The largest absolute Gasteiger partial charge is 0.474 e. The van der Waals surface area contributed by atoms with Crippen molar-refractivity contribution in [2.24, 2.45) is 5.11 Å². The summed E-state index contributed by atoms with van der Waals surface area (Å²) in [7, 11) is 1.40. The van der Waals surface area contributed by atoms with E-state index in [-0.39, 0.29) is 54.2 Å². The number of quaternary nitrogens is 1. The van der Waals surface area contributed by atoms with Crippen molar-refractivity contribution in [1.82, 2.24) is 10.6 Å². The van der Waals surface area contributed by atoms with Gasteiger partial charge in [-0.05, 0) is 29.9 Å². The van der Waals surface area contributed by atoms with Crippen LogP contribution in [0.25, 0.3) is 0 Å². The Kier molecular flexibility index (Phi) is 10.1. The van der Waals surface area contributed by atoms with Crippen LogP contribution in [0.4, 0.5) is 25.8 Å². The molecule has 2 rings (SSSR count). The second-order valence-electron chi connectivity index (χ2n) is 6.84. The molecule has 0 aliphatic rings. The van der Waals surface area contributed by atoms with Crippen molar-refractivity contribution < 1.29 is 23.6 Å². The van der Waals surface area contributed by atoms with Gasteiger partial charge >= 0.3 is 0 Å². The lowest BCUT2D eigenvalue weighted by atomic mass is 10.1. The Morgan fingerprint density at radius 3 is 2.48 bits per heavy atom. The van der Waals surface area contributed by atoms with Crippen LogP contribution in [0.5, 0.6) is 0 Å². The third-order valence-electron chi connectivity index (χ3n) is 4.37. The Balaban J connectivity index is 1.84. The van der Waals surface area contributed by atoms with Gasteiger partial charge < -0.3 is 26.4 Å². The van der Waals surface area contributed by atoms with Gasteiger partial charge in [-0.15, -0.1) is 0 Å². The van der Waals surface area contributed by atoms with Crippen LogP contribution >= 0.6 is 12.2 Å². The van der Waals surface area contributed by atoms with Crippen LogP contribution in [-0.4, -0.2) is 37.8 Å². The minimum Gasteiger partial charge on any atom is -0.474 e. The molecule has 9 nitrogen and oxygen atoms in total. The summed E-state index contributed by atoms with van der Waals surface area (Å²) < 4.78 is 33.5. The number of nitrogens with one attached hydrogen (secondary N) is 4. The number of rotatable bonds is 11. The monoisotopic (exact) mass is 478 g/mol. The lowest BCUT2D eigenvalue weighted by Gasteiger charge is -2.10. The van der Waals surface area contributed by atoms with Gasteiger partial charge in [-0.1, -0.05) is 12.1 Å². The summed E-state index contributed by atoms with van der Waals surface area (Å²) >= 11 is 4.83. The van der Waals surface area contributed by atoms with Crippen LogP contribution in [0, 0.1) is 17.2 Å². The molecule has 176 valence electrons. The van der Waals surface area contributed by atoms with E-state index in [0.29, 0.717) is 5.69 Å². The van der Waals surface area contributed by atoms with Gasteiger partial charge in [-0.25, -0.2) is 14.3 Å². The topological polar surface area (TPSA) is 141 Å². The second kappa shape index (κ2) is 13.0. The Bertz CT molecular complexity index is 993. The second-order valence-corrected chi connectivity index (χ2v) is 7.21. The first-order valence-electron chi connectivity index (χ1n) is 9.89. The molecule has 0 bridgehead atoms. The van der Waals surface area contributed by atoms with Crippen molar-refractivity contribution in [2.45, 2.75) is 6.42 Å². The predicted octanol–water partition coefficient (Wildman–Crippen LogP) is 1.91. The van der Waals surface area contributed by atoms with E-state index in [1.165, 1.54) is 18.6 Å². The number of thiocarbonyl (C=S) groups is 1. The molecule has 0 unspecified atom stereocenters. The van der Waals surface area contributed by atoms with Gasteiger partial charge in [0.05, 0.1) is 20.1 Å². The van der Waals surface area contributed by atoms with Crippen LogP contribution in [0.1, 0.15) is 5.56 Å². The summed E-state index contributed by atoms with van der Waals surface area (Å²) in [6.45, 7) is 0.451. The molecule has 0 fully saturated rings. The fourth-order valence-corrected chi connectivity index (χ4v) is 2.77. The number of carbonyl (C=O) groups excluding carboxylic acids is 1. The zero-order chi connectivity index (χ0) is 24.2. The number of halogens is 2. The number of benzene rings is 2. The molecule has 0 aliphatic carbocycles. The molecule has 0 saturated heterocycles. The number of nitrogens with zero attached hydrogens (tertiary/aromatic N) is 1. The van der Waals surface area contributed by atoms with Crippen LogP contribution < -0.4 is 27.0 Å². The maximum atomic E-state index is 14.4. The normalized spacial score (nSPS) is 10.9. The van der Waals surface area contributed by atoms with Gasteiger partial charge in [0.25, 0.3) is 5.17 Å². The molecule has 0 heterocycles. The van der Waals surface area contributed by atoms with E-state index in [9.17, 15) is 13.6 Å². The number of ether oxygens (including phenoxy) is 1.